The number of fused-ring (bicyclic) bond motifs is 5. The fraction of sp³-hybridized carbons (Fsp3) is 0.333. The molecule has 5 heteroatoms. The normalized spacial score (nSPS) is 14.5. The van der Waals surface area contributed by atoms with Crippen LogP contribution >= 0.6 is 0 Å². The van der Waals surface area contributed by atoms with E-state index in [1.54, 1.807) is 4.80 Å². The number of nitrogens with zero attached hydrogens (tertiary/aromatic N) is 4. The van der Waals surface area contributed by atoms with E-state index in [4.69, 9.17) is 0 Å². The Hall–Kier alpha value is -2.50. The van der Waals surface area contributed by atoms with Crippen molar-refractivity contribution in [2.75, 3.05) is 20.6 Å². The Bertz CT molecular complexity index is 880. The van der Waals surface area contributed by atoms with Crippen molar-refractivity contribution in [1.29, 1.82) is 0 Å². The highest BCUT2D eigenvalue weighted by Gasteiger charge is 2.39. The average molecular weight is 348 g/mol. The third kappa shape index (κ3) is 2.64. The summed E-state index contributed by atoms with van der Waals surface area (Å²) in [7, 11) is 5.95. The van der Waals surface area contributed by atoms with Gasteiger partial charge in [-0.25, -0.2) is 0 Å². The van der Waals surface area contributed by atoms with Gasteiger partial charge in [0.2, 0.25) is 0 Å². The maximum absolute atomic E-state index is 11.9. The molecule has 5 nitrogen and oxygen atoms in total. The van der Waals surface area contributed by atoms with E-state index < -0.39 is 5.60 Å². The maximum Gasteiger partial charge on any atom is 0.121 e. The van der Waals surface area contributed by atoms with Crippen molar-refractivity contribution in [3.8, 4) is 22.5 Å². The SMILES string of the molecule is CN(C)CCCC1(O)c2ccccc2-c2nn(C)nc2-c2ccccc21. The summed E-state index contributed by atoms with van der Waals surface area (Å²) >= 11 is 0. The van der Waals surface area contributed by atoms with Crippen molar-refractivity contribution in [2.24, 2.45) is 7.05 Å². The van der Waals surface area contributed by atoms with Crippen LogP contribution in [0.4, 0.5) is 0 Å². The van der Waals surface area contributed by atoms with E-state index in [1.807, 2.05) is 55.6 Å². The van der Waals surface area contributed by atoms with Gasteiger partial charge >= 0.3 is 0 Å². The van der Waals surface area contributed by atoms with Crippen LogP contribution in [0.1, 0.15) is 24.0 Å². The van der Waals surface area contributed by atoms with Crippen LogP contribution < -0.4 is 0 Å². The predicted octanol–water partition coefficient (Wildman–Crippen LogP) is 3.04. The van der Waals surface area contributed by atoms with Crippen LogP contribution in [0.3, 0.4) is 0 Å². The summed E-state index contributed by atoms with van der Waals surface area (Å²) in [5.41, 5.74) is 4.34. The first-order chi connectivity index (χ1) is 12.5. The van der Waals surface area contributed by atoms with Gasteiger partial charge in [0.1, 0.15) is 17.0 Å². The Morgan fingerprint density at radius 2 is 1.42 bits per heavy atom. The summed E-state index contributed by atoms with van der Waals surface area (Å²) in [6.07, 6.45) is 1.54. The highest BCUT2D eigenvalue weighted by Crippen LogP contribution is 2.47. The molecule has 0 saturated heterocycles. The number of rotatable bonds is 4. The third-order valence-corrected chi connectivity index (χ3v) is 5.11. The van der Waals surface area contributed by atoms with E-state index in [0.29, 0.717) is 6.42 Å². The van der Waals surface area contributed by atoms with Gasteiger partial charge in [-0.2, -0.15) is 15.0 Å². The quantitative estimate of drug-likeness (QED) is 0.787. The highest BCUT2D eigenvalue weighted by atomic mass is 16.3. The van der Waals surface area contributed by atoms with Gasteiger partial charge in [-0.3, -0.25) is 0 Å². The molecule has 1 aliphatic carbocycles. The number of benzene rings is 2. The van der Waals surface area contributed by atoms with Gasteiger partial charge in [-0.1, -0.05) is 48.5 Å². The van der Waals surface area contributed by atoms with Gasteiger partial charge in [0.25, 0.3) is 0 Å². The lowest BCUT2D eigenvalue weighted by atomic mass is 9.80. The van der Waals surface area contributed by atoms with Crippen molar-refractivity contribution >= 4 is 0 Å². The molecule has 1 heterocycles. The molecule has 0 unspecified atom stereocenters. The topological polar surface area (TPSA) is 54.2 Å². The van der Waals surface area contributed by atoms with Gasteiger partial charge in [0, 0.05) is 18.2 Å². The summed E-state index contributed by atoms with van der Waals surface area (Å²) in [6, 6.07) is 16.1. The zero-order valence-electron chi connectivity index (χ0n) is 15.5. The lowest BCUT2D eigenvalue weighted by Gasteiger charge is -2.31. The van der Waals surface area contributed by atoms with Crippen molar-refractivity contribution in [3.63, 3.8) is 0 Å². The smallest absolute Gasteiger partial charge is 0.121 e. The van der Waals surface area contributed by atoms with Gasteiger partial charge in [0.05, 0.1) is 0 Å². The summed E-state index contributed by atoms with van der Waals surface area (Å²) in [4.78, 5) is 3.75. The molecule has 2 aromatic carbocycles. The van der Waals surface area contributed by atoms with Gasteiger partial charge in [-0.15, -0.1) is 0 Å². The van der Waals surface area contributed by atoms with Crippen molar-refractivity contribution in [3.05, 3.63) is 59.7 Å². The Morgan fingerprint density at radius 1 is 0.923 bits per heavy atom. The average Bonchev–Trinajstić information content (AvgIpc) is 2.99. The summed E-state index contributed by atoms with van der Waals surface area (Å²) < 4.78 is 0. The minimum atomic E-state index is -1.06. The molecule has 0 radical (unpaired) electrons. The second-order valence-corrected chi connectivity index (χ2v) is 7.24. The van der Waals surface area contributed by atoms with Gasteiger partial charge < -0.3 is 10.0 Å². The molecule has 1 aliphatic rings. The molecule has 0 atom stereocenters. The predicted molar refractivity (Wildman–Crippen MR) is 103 cm³/mol. The Balaban J connectivity index is 1.96. The van der Waals surface area contributed by atoms with E-state index in [2.05, 4.69) is 29.2 Å². The number of hydrogen-bond donors (Lipinski definition) is 1. The molecule has 134 valence electrons. The first-order valence-corrected chi connectivity index (χ1v) is 8.99. The second kappa shape index (κ2) is 6.34. The van der Waals surface area contributed by atoms with Crippen LogP contribution in [0, 0.1) is 0 Å². The number of hydrogen-bond acceptors (Lipinski definition) is 4. The molecule has 3 aromatic rings. The number of aliphatic hydroxyl groups is 1. The van der Waals surface area contributed by atoms with Gasteiger partial charge in [0.15, 0.2) is 0 Å². The molecule has 1 aromatic heterocycles. The first-order valence-electron chi connectivity index (χ1n) is 8.99. The molecular weight excluding hydrogens is 324 g/mol. The van der Waals surface area contributed by atoms with E-state index in [9.17, 15) is 5.11 Å². The monoisotopic (exact) mass is 348 g/mol. The molecule has 26 heavy (non-hydrogen) atoms. The van der Waals surface area contributed by atoms with E-state index in [1.165, 1.54) is 0 Å². The first kappa shape index (κ1) is 16.9. The molecular formula is C21H24N4O. The summed E-state index contributed by atoms with van der Waals surface area (Å²) in [5, 5.41) is 21.2. The lowest BCUT2D eigenvalue weighted by molar-refractivity contribution is 0.0678. The Kier molecular flexibility index (Phi) is 4.13. The Morgan fingerprint density at radius 3 is 1.92 bits per heavy atom. The third-order valence-electron chi connectivity index (χ3n) is 5.11. The molecule has 1 N–H and O–H groups in total. The second-order valence-electron chi connectivity index (χ2n) is 7.24. The van der Waals surface area contributed by atoms with Crippen LogP contribution in [0.15, 0.2) is 48.5 Å². The maximum atomic E-state index is 11.9. The molecule has 0 spiro atoms. The van der Waals surface area contributed by atoms with E-state index >= 15 is 0 Å². The summed E-state index contributed by atoms with van der Waals surface area (Å²) in [6.45, 7) is 0.928. The van der Waals surface area contributed by atoms with Crippen molar-refractivity contribution < 1.29 is 5.11 Å². The minimum absolute atomic E-state index is 0.648. The number of aromatic nitrogens is 3. The highest BCUT2D eigenvalue weighted by molar-refractivity contribution is 5.85. The van der Waals surface area contributed by atoms with Crippen LogP contribution in [0.5, 0.6) is 0 Å². The largest absolute Gasteiger partial charge is 0.380 e. The fourth-order valence-electron chi connectivity index (χ4n) is 3.94. The van der Waals surface area contributed by atoms with Crippen molar-refractivity contribution in [2.45, 2.75) is 18.4 Å². The standard InChI is InChI=1S/C21H24N4O/c1-24(2)14-8-13-21(26)17-11-6-4-9-15(17)19-20(23-25(3)22-19)16-10-5-7-12-18(16)21/h4-7,9-12,26H,8,13-14H2,1-3H3. The van der Waals surface area contributed by atoms with Crippen LogP contribution in [0.2, 0.25) is 0 Å². The zero-order chi connectivity index (χ0) is 18.3. The molecule has 4 rings (SSSR count). The van der Waals surface area contributed by atoms with Gasteiger partial charge in [-0.05, 0) is 44.6 Å². The lowest BCUT2D eigenvalue weighted by Crippen LogP contribution is -2.29. The Labute approximate surface area is 153 Å². The summed E-state index contributed by atoms with van der Waals surface area (Å²) in [5.74, 6) is 0. The van der Waals surface area contributed by atoms with Crippen LogP contribution in [0.25, 0.3) is 22.5 Å². The fourth-order valence-corrected chi connectivity index (χ4v) is 3.94. The van der Waals surface area contributed by atoms with Crippen LogP contribution in [-0.2, 0) is 12.6 Å². The molecule has 0 fully saturated rings. The van der Waals surface area contributed by atoms with E-state index in [-0.39, 0.29) is 0 Å². The molecule has 0 aliphatic heterocycles. The minimum Gasteiger partial charge on any atom is -0.380 e. The molecule has 0 saturated carbocycles. The van der Waals surface area contributed by atoms with E-state index in [0.717, 1.165) is 46.6 Å². The zero-order valence-corrected chi connectivity index (χ0v) is 15.5. The molecule has 0 amide bonds. The number of aryl methyl sites for hydroxylation is 1. The molecule has 0 bridgehead atoms. The van der Waals surface area contributed by atoms with Crippen LogP contribution in [-0.4, -0.2) is 45.6 Å². The van der Waals surface area contributed by atoms with Crippen molar-refractivity contribution in [1.82, 2.24) is 19.9 Å².